The van der Waals surface area contributed by atoms with Gasteiger partial charge in [0.15, 0.2) is 0 Å². The van der Waals surface area contributed by atoms with Crippen molar-refractivity contribution < 1.29 is 9.13 Å². The number of rotatable bonds is 4. The summed E-state index contributed by atoms with van der Waals surface area (Å²) in [5.41, 5.74) is -0.00271. The maximum Gasteiger partial charge on any atom is 0.123 e. The molecule has 0 fully saturated rings. The van der Waals surface area contributed by atoms with Crippen LogP contribution in [-0.4, -0.2) is 14.2 Å². The van der Waals surface area contributed by atoms with Crippen LogP contribution in [0.3, 0.4) is 0 Å². The second kappa shape index (κ2) is 5.15. The standard InChI is InChI=1S/C13H17FN2O/c1-13(2,8-15)12(16-3)10-7-9(14)5-6-11(10)17-4/h5-7,12,16H,1-4H3. The average Bonchev–Trinajstić information content (AvgIpc) is 2.30. The molecule has 0 spiro atoms. The molecular formula is C13H17FN2O. The fourth-order valence-electron chi connectivity index (χ4n) is 1.90. The maximum atomic E-state index is 13.3. The minimum atomic E-state index is -0.657. The van der Waals surface area contributed by atoms with Crippen molar-refractivity contribution >= 4 is 0 Å². The second-order valence-corrected chi connectivity index (χ2v) is 4.44. The number of nitrogens with one attached hydrogen (secondary N) is 1. The molecule has 0 bridgehead atoms. The molecule has 1 aromatic rings. The zero-order valence-corrected chi connectivity index (χ0v) is 10.5. The molecule has 3 nitrogen and oxygen atoms in total. The number of benzene rings is 1. The van der Waals surface area contributed by atoms with Crippen LogP contribution in [0, 0.1) is 22.6 Å². The molecule has 0 saturated carbocycles. The zero-order chi connectivity index (χ0) is 13.1. The molecule has 0 amide bonds. The van der Waals surface area contributed by atoms with E-state index >= 15 is 0 Å². The first kappa shape index (κ1) is 13.5. The Morgan fingerprint density at radius 3 is 2.59 bits per heavy atom. The van der Waals surface area contributed by atoms with Crippen LogP contribution < -0.4 is 10.1 Å². The number of ether oxygens (including phenoxy) is 1. The quantitative estimate of drug-likeness (QED) is 0.874. The molecule has 0 radical (unpaired) electrons. The van der Waals surface area contributed by atoms with Crippen molar-refractivity contribution in [1.29, 1.82) is 5.26 Å². The van der Waals surface area contributed by atoms with Gasteiger partial charge in [-0.2, -0.15) is 5.26 Å². The van der Waals surface area contributed by atoms with Gasteiger partial charge in [-0.25, -0.2) is 4.39 Å². The van der Waals surface area contributed by atoms with Crippen molar-refractivity contribution in [2.45, 2.75) is 19.9 Å². The van der Waals surface area contributed by atoms with E-state index in [2.05, 4.69) is 11.4 Å². The van der Waals surface area contributed by atoms with Crippen molar-refractivity contribution in [1.82, 2.24) is 5.32 Å². The van der Waals surface area contributed by atoms with Gasteiger partial charge in [0.25, 0.3) is 0 Å². The van der Waals surface area contributed by atoms with Gasteiger partial charge < -0.3 is 10.1 Å². The summed E-state index contributed by atoms with van der Waals surface area (Å²) in [6.45, 7) is 3.61. The predicted octanol–water partition coefficient (Wildman–Crippen LogP) is 2.64. The molecule has 0 saturated heterocycles. The van der Waals surface area contributed by atoms with Crippen LogP contribution in [-0.2, 0) is 0 Å². The van der Waals surface area contributed by atoms with Crippen LogP contribution in [0.15, 0.2) is 18.2 Å². The highest BCUT2D eigenvalue weighted by molar-refractivity contribution is 5.38. The van der Waals surface area contributed by atoms with Gasteiger partial charge in [-0.1, -0.05) is 0 Å². The van der Waals surface area contributed by atoms with Crippen LogP contribution in [0.5, 0.6) is 5.75 Å². The van der Waals surface area contributed by atoms with Crippen LogP contribution in [0.1, 0.15) is 25.5 Å². The Bertz CT molecular complexity index is 438. The molecule has 0 heterocycles. The van der Waals surface area contributed by atoms with Crippen molar-refractivity contribution in [2.75, 3.05) is 14.2 Å². The third-order valence-corrected chi connectivity index (χ3v) is 2.80. The van der Waals surface area contributed by atoms with E-state index < -0.39 is 5.41 Å². The first-order valence-electron chi connectivity index (χ1n) is 5.38. The average molecular weight is 236 g/mol. The van der Waals surface area contributed by atoms with Gasteiger partial charge >= 0.3 is 0 Å². The summed E-state index contributed by atoms with van der Waals surface area (Å²) in [5, 5.41) is 12.2. The molecule has 4 heteroatoms. The number of hydrogen-bond acceptors (Lipinski definition) is 3. The molecule has 1 unspecified atom stereocenters. The van der Waals surface area contributed by atoms with Crippen molar-refractivity contribution in [2.24, 2.45) is 5.41 Å². The molecule has 17 heavy (non-hydrogen) atoms. The molecule has 1 aromatic carbocycles. The van der Waals surface area contributed by atoms with Crippen molar-refractivity contribution in [3.05, 3.63) is 29.6 Å². The molecule has 0 aliphatic heterocycles. The minimum Gasteiger partial charge on any atom is -0.496 e. The molecule has 92 valence electrons. The summed E-state index contributed by atoms with van der Waals surface area (Å²) in [6, 6.07) is 6.24. The zero-order valence-electron chi connectivity index (χ0n) is 10.5. The number of halogens is 1. The van der Waals surface area contributed by atoms with E-state index in [1.165, 1.54) is 19.2 Å². The van der Waals surface area contributed by atoms with Gasteiger partial charge in [-0.05, 0) is 39.1 Å². The van der Waals surface area contributed by atoms with Gasteiger partial charge in [0.2, 0.25) is 0 Å². The van der Waals surface area contributed by atoms with Gasteiger partial charge in [0.1, 0.15) is 11.6 Å². The van der Waals surface area contributed by atoms with E-state index in [1.807, 2.05) is 0 Å². The molecule has 1 atom stereocenters. The van der Waals surface area contributed by atoms with E-state index in [0.29, 0.717) is 11.3 Å². The summed E-state index contributed by atoms with van der Waals surface area (Å²) in [5.74, 6) is 0.240. The van der Waals surface area contributed by atoms with Gasteiger partial charge in [-0.15, -0.1) is 0 Å². The van der Waals surface area contributed by atoms with Crippen molar-refractivity contribution in [3.8, 4) is 11.8 Å². The van der Waals surface area contributed by atoms with E-state index in [0.717, 1.165) is 0 Å². The first-order valence-corrected chi connectivity index (χ1v) is 5.38. The van der Waals surface area contributed by atoms with Crippen LogP contribution >= 0.6 is 0 Å². The lowest BCUT2D eigenvalue weighted by Gasteiger charge is -2.29. The second-order valence-electron chi connectivity index (χ2n) is 4.44. The normalized spacial score (nSPS) is 12.9. The number of methoxy groups -OCH3 is 1. The maximum absolute atomic E-state index is 13.3. The summed E-state index contributed by atoms with van der Waals surface area (Å²) < 4.78 is 18.5. The summed E-state index contributed by atoms with van der Waals surface area (Å²) in [4.78, 5) is 0. The fraction of sp³-hybridized carbons (Fsp3) is 0.462. The SMILES string of the molecule is CNC(c1cc(F)ccc1OC)C(C)(C)C#N. The monoisotopic (exact) mass is 236 g/mol. The highest BCUT2D eigenvalue weighted by Crippen LogP contribution is 2.37. The lowest BCUT2D eigenvalue weighted by atomic mass is 9.81. The van der Waals surface area contributed by atoms with Crippen LogP contribution in [0.2, 0.25) is 0 Å². The van der Waals surface area contributed by atoms with Gasteiger partial charge in [-0.3, -0.25) is 0 Å². The Hall–Kier alpha value is -1.60. The Morgan fingerprint density at radius 2 is 2.12 bits per heavy atom. The lowest BCUT2D eigenvalue weighted by molar-refractivity contribution is 0.325. The highest BCUT2D eigenvalue weighted by Gasteiger charge is 2.31. The van der Waals surface area contributed by atoms with E-state index in [9.17, 15) is 4.39 Å². The van der Waals surface area contributed by atoms with Crippen LogP contribution in [0.25, 0.3) is 0 Å². The van der Waals surface area contributed by atoms with Gasteiger partial charge in [0, 0.05) is 5.56 Å². The predicted molar refractivity (Wildman–Crippen MR) is 64.1 cm³/mol. The fourth-order valence-corrected chi connectivity index (χ4v) is 1.90. The highest BCUT2D eigenvalue weighted by atomic mass is 19.1. The van der Waals surface area contributed by atoms with Gasteiger partial charge in [0.05, 0.1) is 24.6 Å². The van der Waals surface area contributed by atoms with Crippen LogP contribution in [0.4, 0.5) is 4.39 Å². The molecule has 0 aromatic heterocycles. The minimum absolute atomic E-state index is 0.293. The summed E-state index contributed by atoms with van der Waals surface area (Å²) in [6.07, 6.45) is 0. The van der Waals surface area contributed by atoms with E-state index in [1.54, 1.807) is 27.0 Å². The smallest absolute Gasteiger partial charge is 0.123 e. The third kappa shape index (κ3) is 2.75. The topological polar surface area (TPSA) is 45.0 Å². The molecule has 1 N–H and O–H groups in total. The lowest BCUT2D eigenvalue weighted by Crippen LogP contribution is -2.31. The molecular weight excluding hydrogens is 219 g/mol. The number of hydrogen-bond donors (Lipinski definition) is 1. The number of nitriles is 1. The Labute approximate surface area is 101 Å². The molecule has 0 aliphatic rings. The van der Waals surface area contributed by atoms with E-state index in [4.69, 9.17) is 10.00 Å². The third-order valence-electron chi connectivity index (χ3n) is 2.80. The Balaban J connectivity index is 3.30. The van der Waals surface area contributed by atoms with E-state index in [-0.39, 0.29) is 11.9 Å². The summed E-state index contributed by atoms with van der Waals surface area (Å²) >= 11 is 0. The Morgan fingerprint density at radius 1 is 1.47 bits per heavy atom. The Kier molecular flexibility index (Phi) is 4.08. The number of nitrogens with zero attached hydrogens (tertiary/aromatic N) is 1. The molecule has 0 aliphatic carbocycles. The molecule has 1 rings (SSSR count). The van der Waals surface area contributed by atoms with Crippen molar-refractivity contribution in [3.63, 3.8) is 0 Å². The summed E-state index contributed by atoms with van der Waals surface area (Å²) in [7, 11) is 3.27. The largest absolute Gasteiger partial charge is 0.496 e. The first-order chi connectivity index (χ1) is 7.96.